The number of hydrazone groups is 1. The standard InChI is InChI=1S/C27H19Cl2N3O2/c28-22-13-12-21(16-23(22)29)31-26(18-7-3-1-4-8-18)30-32(20-9-5-2-6-10-20)27(31)19-11-14-24-25(15-19)34-17-33-24/h1-16,27H,17H2/t27-/m1/s1. The van der Waals surface area contributed by atoms with E-state index in [1.54, 1.807) is 0 Å². The number of anilines is 2. The summed E-state index contributed by atoms with van der Waals surface area (Å²) in [5, 5.41) is 8.12. The molecule has 0 bridgehead atoms. The Balaban J connectivity index is 1.57. The van der Waals surface area contributed by atoms with Crippen molar-refractivity contribution < 1.29 is 9.47 Å². The zero-order valence-corrected chi connectivity index (χ0v) is 19.4. The molecule has 0 aliphatic carbocycles. The molecule has 2 aliphatic heterocycles. The van der Waals surface area contributed by atoms with E-state index in [2.05, 4.69) is 17.0 Å². The minimum absolute atomic E-state index is 0.216. The maximum Gasteiger partial charge on any atom is 0.231 e. The maximum absolute atomic E-state index is 6.46. The molecule has 2 aliphatic rings. The summed E-state index contributed by atoms with van der Waals surface area (Å²) in [7, 11) is 0. The Hall–Kier alpha value is -3.67. The third-order valence-corrected chi connectivity index (χ3v) is 6.57. The maximum atomic E-state index is 6.46. The highest BCUT2D eigenvalue weighted by Crippen LogP contribution is 2.44. The third kappa shape index (κ3) is 3.63. The normalized spacial score (nSPS) is 16.6. The number of halogens is 2. The van der Waals surface area contributed by atoms with E-state index in [1.165, 1.54) is 0 Å². The van der Waals surface area contributed by atoms with Gasteiger partial charge in [0.05, 0.1) is 15.7 Å². The predicted molar refractivity (Wildman–Crippen MR) is 136 cm³/mol. The second-order valence-corrected chi connectivity index (χ2v) is 8.74. The zero-order valence-electron chi connectivity index (χ0n) is 17.9. The smallest absolute Gasteiger partial charge is 0.231 e. The fraction of sp³-hybridized carbons (Fsp3) is 0.0741. The Morgan fingerprint density at radius 3 is 2.21 bits per heavy atom. The summed E-state index contributed by atoms with van der Waals surface area (Å²) in [6, 6.07) is 31.8. The fourth-order valence-corrected chi connectivity index (χ4v) is 4.55. The first kappa shape index (κ1) is 20.9. The van der Waals surface area contributed by atoms with E-state index < -0.39 is 0 Å². The van der Waals surface area contributed by atoms with Crippen molar-refractivity contribution in [2.24, 2.45) is 5.10 Å². The molecule has 0 saturated carbocycles. The second-order valence-electron chi connectivity index (χ2n) is 7.92. The highest BCUT2D eigenvalue weighted by Gasteiger charge is 2.38. The lowest BCUT2D eigenvalue weighted by molar-refractivity contribution is 0.174. The first-order valence-electron chi connectivity index (χ1n) is 10.8. The number of nitrogens with zero attached hydrogens (tertiary/aromatic N) is 3. The van der Waals surface area contributed by atoms with Crippen LogP contribution in [0, 0.1) is 0 Å². The van der Waals surface area contributed by atoms with Gasteiger partial charge in [0.1, 0.15) is 0 Å². The van der Waals surface area contributed by atoms with E-state index >= 15 is 0 Å². The van der Waals surface area contributed by atoms with Gasteiger partial charge in [-0.1, -0.05) is 77.8 Å². The number of rotatable bonds is 4. The van der Waals surface area contributed by atoms with Gasteiger partial charge in [0, 0.05) is 16.8 Å². The molecule has 0 fully saturated rings. The van der Waals surface area contributed by atoms with E-state index in [1.807, 2.05) is 89.9 Å². The molecule has 7 heteroatoms. The van der Waals surface area contributed by atoms with Crippen molar-refractivity contribution >= 4 is 40.4 Å². The number of ether oxygens (including phenoxy) is 2. The molecule has 0 amide bonds. The van der Waals surface area contributed by atoms with Crippen LogP contribution in [0.1, 0.15) is 17.3 Å². The molecule has 6 rings (SSSR count). The van der Waals surface area contributed by atoms with Crippen molar-refractivity contribution in [3.8, 4) is 11.5 Å². The summed E-state index contributed by atoms with van der Waals surface area (Å²) in [4.78, 5) is 2.17. The van der Waals surface area contributed by atoms with Crippen molar-refractivity contribution in [3.05, 3.63) is 118 Å². The molecule has 0 unspecified atom stereocenters. The first-order valence-corrected chi connectivity index (χ1v) is 11.6. The van der Waals surface area contributed by atoms with E-state index in [4.69, 9.17) is 37.8 Å². The molecule has 1 atom stereocenters. The van der Waals surface area contributed by atoms with E-state index in [0.29, 0.717) is 15.8 Å². The van der Waals surface area contributed by atoms with Crippen molar-refractivity contribution in [2.75, 3.05) is 16.7 Å². The van der Waals surface area contributed by atoms with Gasteiger partial charge in [-0.15, -0.1) is 0 Å². The number of para-hydroxylation sites is 1. The van der Waals surface area contributed by atoms with Gasteiger partial charge in [-0.2, -0.15) is 5.10 Å². The molecule has 168 valence electrons. The van der Waals surface area contributed by atoms with Crippen LogP contribution in [0.3, 0.4) is 0 Å². The van der Waals surface area contributed by atoms with E-state index in [0.717, 1.165) is 34.1 Å². The largest absolute Gasteiger partial charge is 0.454 e. The molecular weight excluding hydrogens is 469 g/mol. The van der Waals surface area contributed by atoms with Gasteiger partial charge in [-0.3, -0.25) is 4.90 Å². The summed E-state index contributed by atoms with van der Waals surface area (Å²) in [6.45, 7) is 0.216. The van der Waals surface area contributed by atoms with Gasteiger partial charge in [-0.05, 0) is 42.5 Å². The molecule has 0 aromatic heterocycles. The molecule has 0 radical (unpaired) electrons. The molecule has 2 heterocycles. The molecular formula is C27H19Cl2N3O2. The Morgan fingerprint density at radius 2 is 1.44 bits per heavy atom. The number of amidine groups is 1. The Morgan fingerprint density at radius 1 is 0.706 bits per heavy atom. The van der Waals surface area contributed by atoms with E-state index in [9.17, 15) is 0 Å². The molecule has 0 spiro atoms. The molecule has 0 saturated heterocycles. The van der Waals surface area contributed by atoms with Crippen LogP contribution in [-0.4, -0.2) is 12.6 Å². The lowest BCUT2D eigenvalue weighted by Gasteiger charge is -2.32. The Bertz CT molecular complexity index is 1380. The van der Waals surface area contributed by atoms with Gasteiger partial charge < -0.3 is 9.47 Å². The van der Waals surface area contributed by atoms with Crippen LogP contribution in [-0.2, 0) is 0 Å². The Labute approximate surface area is 207 Å². The minimum Gasteiger partial charge on any atom is -0.454 e. The molecule has 34 heavy (non-hydrogen) atoms. The number of fused-ring (bicyclic) bond motifs is 1. The topological polar surface area (TPSA) is 37.3 Å². The average molecular weight is 488 g/mol. The van der Waals surface area contributed by atoms with Gasteiger partial charge in [-0.25, -0.2) is 5.01 Å². The quantitative estimate of drug-likeness (QED) is 0.307. The van der Waals surface area contributed by atoms with Gasteiger partial charge in [0.2, 0.25) is 6.79 Å². The molecule has 4 aromatic rings. The fourth-order valence-electron chi connectivity index (χ4n) is 4.26. The van der Waals surface area contributed by atoms with Crippen molar-refractivity contribution in [2.45, 2.75) is 6.17 Å². The van der Waals surface area contributed by atoms with Crippen LogP contribution in [0.4, 0.5) is 11.4 Å². The lowest BCUT2D eigenvalue weighted by atomic mass is 10.1. The second kappa shape index (κ2) is 8.60. The summed E-state index contributed by atoms with van der Waals surface area (Å²) >= 11 is 12.7. The monoisotopic (exact) mass is 487 g/mol. The zero-order chi connectivity index (χ0) is 23.1. The van der Waals surface area contributed by atoms with E-state index in [-0.39, 0.29) is 13.0 Å². The minimum atomic E-state index is -0.302. The lowest BCUT2D eigenvalue weighted by Crippen LogP contribution is -2.35. The summed E-state index contributed by atoms with van der Waals surface area (Å²) < 4.78 is 11.2. The summed E-state index contributed by atoms with van der Waals surface area (Å²) in [5.41, 5.74) is 3.81. The SMILES string of the molecule is Clc1ccc(N2C(c3ccccc3)=NN(c3ccccc3)[C@@H]2c2ccc3c(c2)OCO3)cc1Cl. The molecule has 4 aromatic carbocycles. The van der Waals surface area contributed by atoms with Crippen LogP contribution in [0.2, 0.25) is 10.0 Å². The van der Waals surface area contributed by atoms with Crippen LogP contribution < -0.4 is 19.4 Å². The molecule has 5 nitrogen and oxygen atoms in total. The number of benzene rings is 4. The van der Waals surface area contributed by atoms with Crippen molar-refractivity contribution in [1.29, 1.82) is 0 Å². The van der Waals surface area contributed by atoms with Gasteiger partial charge in [0.15, 0.2) is 23.5 Å². The van der Waals surface area contributed by atoms with Gasteiger partial charge in [0.25, 0.3) is 0 Å². The van der Waals surface area contributed by atoms with Crippen LogP contribution >= 0.6 is 23.2 Å². The summed E-state index contributed by atoms with van der Waals surface area (Å²) in [5.74, 6) is 2.25. The van der Waals surface area contributed by atoms with Crippen LogP contribution in [0.25, 0.3) is 0 Å². The number of hydrogen-bond acceptors (Lipinski definition) is 5. The van der Waals surface area contributed by atoms with Gasteiger partial charge >= 0.3 is 0 Å². The van der Waals surface area contributed by atoms with Crippen molar-refractivity contribution in [3.63, 3.8) is 0 Å². The molecule has 0 N–H and O–H groups in total. The third-order valence-electron chi connectivity index (χ3n) is 5.84. The van der Waals surface area contributed by atoms with Crippen LogP contribution in [0.5, 0.6) is 11.5 Å². The predicted octanol–water partition coefficient (Wildman–Crippen LogP) is 7.11. The number of hydrogen-bond donors (Lipinski definition) is 0. The first-order chi connectivity index (χ1) is 16.7. The average Bonchev–Trinajstić information content (AvgIpc) is 3.51. The highest BCUT2D eigenvalue weighted by molar-refractivity contribution is 6.42. The Kier molecular flexibility index (Phi) is 5.28. The summed E-state index contributed by atoms with van der Waals surface area (Å²) in [6.07, 6.45) is -0.302. The highest BCUT2D eigenvalue weighted by atomic mass is 35.5. The van der Waals surface area contributed by atoms with Crippen molar-refractivity contribution in [1.82, 2.24) is 0 Å². The van der Waals surface area contributed by atoms with Crippen LogP contribution in [0.15, 0.2) is 102 Å².